The molecule has 3 atom stereocenters. The van der Waals surface area contributed by atoms with E-state index in [1.165, 1.54) is 218 Å². The van der Waals surface area contributed by atoms with Crippen molar-refractivity contribution in [2.24, 2.45) is 114 Å². The lowest BCUT2D eigenvalue weighted by atomic mass is 9.58. The number of hydrogen-bond donors (Lipinski definition) is 0. The first-order valence-corrected chi connectivity index (χ1v) is 40.5. The molecule has 0 heteroatoms. The van der Waals surface area contributed by atoms with Crippen molar-refractivity contribution in [2.75, 3.05) is 0 Å². The van der Waals surface area contributed by atoms with Gasteiger partial charge in [-0.1, -0.05) is 429 Å². The molecule has 0 saturated heterocycles. The van der Waals surface area contributed by atoms with Crippen molar-refractivity contribution in [1.29, 1.82) is 0 Å². The summed E-state index contributed by atoms with van der Waals surface area (Å²) < 4.78 is 0. The van der Waals surface area contributed by atoms with Crippen LogP contribution in [0.1, 0.15) is 461 Å². The van der Waals surface area contributed by atoms with Crippen LogP contribution < -0.4 is 0 Å². The molecule has 3 unspecified atom stereocenters. The van der Waals surface area contributed by atoms with Gasteiger partial charge in [-0.2, -0.15) is 0 Å². The smallest absolute Gasteiger partial charge is 0.0323 e. The Morgan fingerprint density at radius 2 is 0.652 bits per heavy atom. The van der Waals surface area contributed by atoms with Gasteiger partial charge in [0.2, 0.25) is 0 Å². The molecule has 0 spiro atoms. The van der Waals surface area contributed by atoms with Gasteiger partial charge in [0.25, 0.3) is 0 Å². The maximum Gasteiger partial charge on any atom is -0.0323 e. The molecular formula is C89H184. The van der Waals surface area contributed by atoms with E-state index in [-0.39, 0.29) is 0 Å². The number of rotatable bonds is 5. The van der Waals surface area contributed by atoms with E-state index in [1.807, 2.05) is 0 Å². The van der Waals surface area contributed by atoms with Crippen molar-refractivity contribution in [3.05, 3.63) is 0 Å². The molecule has 0 heterocycles. The average molecular weight is 1250 g/mol. The molecule has 0 aromatic rings. The molecule has 540 valence electrons. The third-order valence-corrected chi connectivity index (χ3v) is 25.9. The summed E-state index contributed by atoms with van der Waals surface area (Å²) in [5.74, 6) is 10.8. The van der Waals surface area contributed by atoms with E-state index < -0.39 is 0 Å². The first-order chi connectivity index (χ1) is 40.5. The quantitative estimate of drug-likeness (QED) is 0.257. The van der Waals surface area contributed by atoms with Crippen LogP contribution in [0.4, 0.5) is 0 Å². The Bertz CT molecular complexity index is 1510. The van der Waals surface area contributed by atoms with E-state index in [4.69, 9.17) is 0 Å². The van der Waals surface area contributed by atoms with Gasteiger partial charge in [0.05, 0.1) is 0 Å². The van der Waals surface area contributed by atoms with Gasteiger partial charge >= 0.3 is 0 Å². The average Bonchev–Trinajstić information content (AvgIpc) is 1.57. The van der Waals surface area contributed by atoms with E-state index in [1.54, 1.807) is 0 Å². The zero-order valence-corrected chi connectivity index (χ0v) is 69.9. The minimum absolute atomic E-state index is 0.443. The third-order valence-electron chi connectivity index (χ3n) is 25.9. The Labute approximate surface area is 571 Å². The maximum atomic E-state index is 2.55. The second-order valence-electron chi connectivity index (χ2n) is 40.8. The van der Waals surface area contributed by atoms with Gasteiger partial charge in [-0.05, 0) is 146 Å². The Kier molecular flexibility index (Phi) is 47.6. The van der Waals surface area contributed by atoms with Crippen molar-refractivity contribution in [1.82, 2.24) is 0 Å². The largest absolute Gasteiger partial charge is 0.0649 e. The molecule has 7 fully saturated rings. The van der Waals surface area contributed by atoms with Crippen molar-refractivity contribution >= 4 is 0 Å². The summed E-state index contributed by atoms with van der Waals surface area (Å²) in [5, 5.41) is 0. The second kappa shape index (κ2) is 45.5. The summed E-state index contributed by atoms with van der Waals surface area (Å²) in [7, 11) is 0. The van der Waals surface area contributed by atoms with Gasteiger partial charge in [-0.25, -0.2) is 0 Å². The predicted octanol–water partition coefficient (Wildman–Crippen LogP) is 32.6. The second-order valence-corrected chi connectivity index (χ2v) is 40.8. The molecule has 7 aliphatic carbocycles. The first-order valence-electron chi connectivity index (χ1n) is 40.5. The molecule has 89 heavy (non-hydrogen) atoms. The highest BCUT2D eigenvalue weighted by Gasteiger charge is 2.40. The van der Waals surface area contributed by atoms with Gasteiger partial charge in [-0.3, -0.25) is 0 Å². The predicted molar refractivity (Wildman–Crippen MR) is 416 cm³/mol. The lowest BCUT2D eigenvalue weighted by molar-refractivity contribution is 0.0286. The fraction of sp³-hybridized carbons (Fsp3) is 1.00. The summed E-state index contributed by atoms with van der Waals surface area (Å²) in [5.41, 5.74) is 4.90. The van der Waals surface area contributed by atoms with Gasteiger partial charge in [0.1, 0.15) is 0 Å². The highest BCUT2D eigenvalue weighted by Crippen LogP contribution is 2.50. The summed E-state index contributed by atoms with van der Waals surface area (Å²) in [4.78, 5) is 0. The monoisotopic (exact) mass is 1250 g/mol. The van der Waals surface area contributed by atoms with Gasteiger partial charge in [-0.15, -0.1) is 0 Å². The molecule has 0 aliphatic heterocycles. The zero-order valence-electron chi connectivity index (χ0n) is 69.9. The van der Waals surface area contributed by atoms with Crippen LogP contribution in [0.5, 0.6) is 0 Å². The van der Waals surface area contributed by atoms with Crippen LogP contribution in [0.15, 0.2) is 0 Å². The van der Waals surface area contributed by atoms with E-state index >= 15 is 0 Å². The summed E-state index contributed by atoms with van der Waals surface area (Å²) >= 11 is 0. The van der Waals surface area contributed by atoms with E-state index in [2.05, 4.69) is 242 Å². The normalized spacial score (nSPS) is 24.8. The minimum Gasteiger partial charge on any atom is -0.0649 e. The zero-order chi connectivity index (χ0) is 69.9. The molecule has 7 saturated carbocycles. The SMILES string of the molecule is CC(C(C)(C)C)C(C)(C)C.CC(C)(C)C.CC(C)(C)C1CCCCC1.CC(C1CCCCC1)C1CCCCC1.CC1C(C)(C)CCCC1(C)C.CC1CCCC(C)C1C.CC1CCCCC1.CC1CCCCC1(C)C.CCC(C)(C)C.CCC(C)(CC)CC. The van der Waals surface area contributed by atoms with Crippen molar-refractivity contribution in [3.8, 4) is 0 Å². The van der Waals surface area contributed by atoms with Gasteiger partial charge in [0, 0.05) is 0 Å². The van der Waals surface area contributed by atoms with Crippen molar-refractivity contribution in [2.45, 2.75) is 461 Å². The summed E-state index contributed by atoms with van der Waals surface area (Å²) in [6.07, 6.45) is 49.7. The Morgan fingerprint density at radius 3 is 0.843 bits per heavy atom. The fourth-order valence-electron chi connectivity index (χ4n) is 15.0. The fourth-order valence-corrected chi connectivity index (χ4v) is 15.0. The molecule has 0 radical (unpaired) electrons. The van der Waals surface area contributed by atoms with Gasteiger partial charge < -0.3 is 0 Å². The van der Waals surface area contributed by atoms with E-state index in [9.17, 15) is 0 Å². The van der Waals surface area contributed by atoms with Crippen LogP contribution in [-0.4, -0.2) is 0 Å². The van der Waals surface area contributed by atoms with E-state index in [0.717, 1.165) is 65.1 Å². The number of hydrogen-bond acceptors (Lipinski definition) is 0. The molecule has 0 aromatic heterocycles. The molecular weight excluding hydrogens is 1070 g/mol. The Balaban J connectivity index is -0.000000934. The Hall–Kier alpha value is 0. The van der Waals surface area contributed by atoms with Crippen LogP contribution in [-0.2, 0) is 0 Å². The minimum atomic E-state index is 0.443. The van der Waals surface area contributed by atoms with Crippen LogP contribution >= 0.6 is 0 Å². The van der Waals surface area contributed by atoms with Crippen molar-refractivity contribution in [3.63, 3.8) is 0 Å². The maximum absolute atomic E-state index is 2.55. The molecule has 0 aromatic carbocycles. The van der Waals surface area contributed by atoms with Crippen LogP contribution in [0.25, 0.3) is 0 Å². The molecule has 0 N–H and O–H groups in total. The highest BCUT2D eigenvalue weighted by molar-refractivity contribution is 4.91. The van der Waals surface area contributed by atoms with Crippen LogP contribution in [0.2, 0.25) is 0 Å². The lowest BCUT2D eigenvalue weighted by Crippen LogP contribution is -2.38. The van der Waals surface area contributed by atoms with Crippen molar-refractivity contribution < 1.29 is 0 Å². The van der Waals surface area contributed by atoms with Crippen LogP contribution in [0, 0.1) is 114 Å². The standard InChI is InChI=1S/C14H26.C11H22.C10H20.C10H22.2C9H18.C8H18.C7H14.C6H14.C5H12/c1-12(13-8-4-2-5-9-13)14-10-6-3-7-11-14;1-9-10(2,3)7-6-8-11(9,4)5;1-10(2,3)9-7-5-4-6-8-9;1-8(9(2,3)4)10(5,6)7;1-8-6-4-5-7-9(8,2)3;1-7-5-4-6-8(2)9(7)3;1-5-8(4,6-2)7-3;1-7-5-3-2-4-6-7;1-5-6(2,3)4;1-5(2,3)4/h12-14H,2-11H2,1H3;9H,6-8H2,1-5H3;9H,4-8H2,1-3H3;8H,1-7H3;8H,4-7H2,1-3H3;7-9H,4-6H2,1-3H3;5-7H2,1-4H3;7H,2-6H2,1H3;5H2,1-4H3;1-4H3. The molecule has 0 nitrogen and oxygen atoms in total. The molecule has 0 bridgehead atoms. The molecule has 0 amide bonds. The Morgan fingerprint density at radius 1 is 0.348 bits per heavy atom. The summed E-state index contributed by atoms with van der Waals surface area (Å²) in [6, 6.07) is 0. The summed E-state index contributed by atoms with van der Waals surface area (Å²) in [6.45, 7) is 81.5. The molecule has 7 rings (SSSR count). The molecule has 7 aliphatic rings. The van der Waals surface area contributed by atoms with Gasteiger partial charge in [0.15, 0.2) is 0 Å². The first kappa shape index (κ1) is 93.2. The third kappa shape index (κ3) is 46.7. The highest BCUT2D eigenvalue weighted by atomic mass is 14.5. The van der Waals surface area contributed by atoms with Crippen LogP contribution in [0.3, 0.4) is 0 Å². The lowest BCUT2D eigenvalue weighted by Gasteiger charge is -2.47. The topological polar surface area (TPSA) is 0 Å². The van der Waals surface area contributed by atoms with E-state index in [0.29, 0.717) is 48.7 Å².